The van der Waals surface area contributed by atoms with Gasteiger partial charge in [-0.2, -0.15) is 29.8 Å². The Labute approximate surface area is 219 Å². The number of carboxylic acids is 2. The van der Waals surface area contributed by atoms with E-state index in [4.69, 9.17) is 16.5 Å². The Morgan fingerprint density at radius 2 is 1.17 bits per heavy atom. The molecule has 1 aliphatic heterocycles. The van der Waals surface area contributed by atoms with Crippen LogP contribution in [0.5, 0.6) is 0 Å². The van der Waals surface area contributed by atoms with Crippen molar-refractivity contribution in [2.45, 2.75) is 17.8 Å². The van der Waals surface area contributed by atoms with Crippen molar-refractivity contribution >= 4 is 17.6 Å². The molecule has 36 heavy (non-hydrogen) atoms. The van der Waals surface area contributed by atoms with Crippen LogP contribution in [0.4, 0.5) is 5.69 Å². The van der Waals surface area contributed by atoms with Crippen molar-refractivity contribution in [1.29, 1.82) is 0 Å². The molecule has 0 saturated heterocycles. The molecule has 1 aliphatic rings. The van der Waals surface area contributed by atoms with Gasteiger partial charge in [-0.05, 0) is 36.4 Å². The summed E-state index contributed by atoms with van der Waals surface area (Å²) < 4.78 is 0. The Kier molecular flexibility index (Phi) is 7.02. The molecule has 0 aliphatic carbocycles. The van der Waals surface area contributed by atoms with Crippen LogP contribution in [0, 0.1) is 12.6 Å². The zero-order chi connectivity index (χ0) is 24.5. The standard InChI is InChI=1S/C27H17N4O4.Ir/c1-28-16-7-2-6-15(14-16)23-17-8-3-10-19(29-17)24(26(32)33)21-12-5-13-22(31-21)25(27(34)35)20-11-4-9-18(23)30-20;/h2-5,7-14,23-25H,(H,32,33)(H,34,35);/q-1;. The van der Waals surface area contributed by atoms with E-state index < -0.39 is 29.7 Å². The fraction of sp³-hybridized carbons (Fsp3) is 0.111. The molecule has 2 unspecified atom stereocenters. The molecule has 0 spiro atoms. The normalized spacial score (nSPS) is 17.9. The third-order valence-corrected chi connectivity index (χ3v) is 5.89. The van der Waals surface area contributed by atoms with E-state index in [0.717, 1.165) is 0 Å². The van der Waals surface area contributed by atoms with Gasteiger partial charge in [-0.25, -0.2) is 0 Å². The van der Waals surface area contributed by atoms with Crippen LogP contribution >= 0.6 is 0 Å². The molecular weight excluding hydrogens is 637 g/mol. The first-order chi connectivity index (χ1) is 17.0. The molecule has 8 nitrogen and oxygen atoms in total. The summed E-state index contributed by atoms with van der Waals surface area (Å²) in [4.78, 5) is 42.1. The second-order valence-corrected chi connectivity index (χ2v) is 8.05. The summed E-state index contributed by atoms with van der Waals surface area (Å²) in [6.45, 7) is 7.39. The van der Waals surface area contributed by atoms with Gasteiger partial charge in [0.1, 0.15) is 11.8 Å². The van der Waals surface area contributed by atoms with E-state index in [1.165, 1.54) is 0 Å². The Morgan fingerprint density at radius 1 is 0.750 bits per heavy atom. The van der Waals surface area contributed by atoms with Gasteiger partial charge < -0.3 is 10.2 Å². The fourth-order valence-corrected chi connectivity index (χ4v) is 4.36. The number of nitrogens with zero attached hydrogens (tertiary/aromatic N) is 4. The number of pyridine rings is 3. The van der Waals surface area contributed by atoms with Crippen LogP contribution in [0.1, 0.15) is 57.5 Å². The molecule has 5 rings (SSSR count). The minimum atomic E-state index is -1.20. The minimum absolute atomic E-state index is 0. The summed E-state index contributed by atoms with van der Waals surface area (Å²) in [7, 11) is 0. The third kappa shape index (κ3) is 4.52. The molecule has 4 aromatic rings. The summed E-state index contributed by atoms with van der Waals surface area (Å²) in [5, 5.41) is 20.2. The maximum atomic E-state index is 12.3. The maximum absolute atomic E-state index is 12.3. The molecule has 6 bridgehead atoms. The summed E-state index contributed by atoms with van der Waals surface area (Å²) in [6, 6.07) is 23.0. The Hall–Kier alpha value is -4.25. The molecule has 4 heterocycles. The number of hydrogen-bond acceptors (Lipinski definition) is 5. The largest absolute Gasteiger partial charge is 0.480 e. The van der Waals surface area contributed by atoms with Crippen LogP contribution in [0.2, 0.25) is 0 Å². The Morgan fingerprint density at radius 3 is 1.58 bits per heavy atom. The van der Waals surface area contributed by atoms with Crippen molar-refractivity contribution in [3.63, 3.8) is 0 Å². The summed E-state index contributed by atoms with van der Waals surface area (Å²) >= 11 is 0. The zero-order valence-corrected chi connectivity index (χ0v) is 20.9. The summed E-state index contributed by atoms with van der Waals surface area (Å²) in [5.74, 6) is -5.31. The van der Waals surface area contributed by atoms with Crippen molar-refractivity contribution in [3.05, 3.63) is 130 Å². The van der Waals surface area contributed by atoms with E-state index in [1.54, 1.807) is 72.8 Å². The van der Waals surface area contributed by atoms with Crippen LogP contribution in [0.15, 0.2) is 72.8 Å². The zero-order valence-electron chi connectivity index (χ0n) is 18.5. The van der Waals surface area contributed by atoms with Crippen LogP contribution in [-0.4, -0.2) is 37.1 Å². The van der Waals surface area contributed by atoms with Gasteiger partial charge >= 0.3 is 11.9 Å². The van der Waals surface area contributed by atoms with Crippen LogP contribution in [0.3, 0.4) is 0 Å². The van der Waals surface area contributed by atoms with E-state index in [1.807, 2.05) is 0 Å². The number of aromatic nitrogens is 3. The van der Waals surface area contributed by atoms with Gasteiger partial charge in [-0.1, -0.05) is 18.2 Å². The second-order valence-electron chi connectivity index (χ2n) is 8.05. The van der Waals surface area contributed by atoms with Crippen LogP contribution in [0.25, 0.3) is 4.85 Å². The minimum Gasteiger partial charge on any atom is -0.480 e. The van der Waals surface area contributed by atoms with E-state index in [9.17, 15) is 19.8 Å². The van der Waals surface area contributed by atoms with Gasteiger partial charge in [0.05, 0.1) is 46.4 Å². The van der Waals surface area contributed by atoms with Crippen molar-refractivity contribution in [2.24, 2.45) is 0 Å². The fourth-order valence-electron chi connectivity index (χ4n) is 4.36. The third-order valence-electron chi connectivity index (χ3n) is 5.89. The topological polar surface area (TPSA) is 118 Å². The molecule has 9 heteroatoms. The SMILES string of the molecule is [C-]#[N+]c1cc[c-]c(C2c3cccc(n3)C(C(=O)O)c3cccc(n3)C(C(=O)O)c3cccc2n3)c1.[Ir]. The first-order valence-electron chi connectivity index (χ1n) is 10.7. The smallest absolute Gasteiger partial charge is 0.318 e. The molecule has 0 amide bonds. The van der Waals surface area contributed by atoms with E-state index >= 15 is 0 Å². The van der Waals surface area contributed by atoms with Gasteiger partial charge in [0.15, 0.2) is 0 Å². The molecule has 1 aromatic carbocycles. The summed E-state index contributed by atoms with van der Waals surface area (Å²) in [6.07, 6.45) is 0. The molecule has 3 aromatic heterocycles. The first kappa shape index (κ1) is 24.9. The second kappa shape index (κ2) is 10.2. The number of fused-ring (bicyclic) bond motifs is 6. The van der Waals surface area contributed by atoms with Crippen molar-refractivity contribution in [3.8, 4) is 0 Å². The number of aliphatic carboxylic acids is 2. The van der Waals surface area contributed by atoms with Gasteiger partial charge in [-0.3, -0.25) is 29.4 Å². The van der Waals surface area contributed by atoms with Crippen LogP contribution < -0.4 is 0 Å². The Balaban J connectivity index is 0.00000304. The average molecular weight is 654 g/mol. The van der Waals surface area contributed by atoms with Crippen molar-refractivity contribution in [1.82, 2.24) is 15.0 Å². The van der Waals surface area contributed by atoms with Gasteiger partial charge in [0.2, 0.25) is 0 Å². The summed E-state index contributed by atoms with van der Waals surface area (Å²) in [5.41, 5.74) is 2.90. The molecule has 2 N–H and O–H groups in total. The first-order valence-corrected chi connectivity index (χ1v) is 10.7. The maximum Gasteiger partial charge on any atom is 0.318 e. The quantitative estimate of drug-likeness (QED) is 0.319. The predicted molar refractivity (Wildman–Crippen MR) is 124 cm³/mol. The number of carboxylic acid groups (broad SMARTS) is 2. The molecule has 2 atom stereocenters. The molecule has 179 valence electrons. The van der Waals surface area contributed by atoms with Crippen molar-refractivity contribution in [2.75, 3.05) is 0 Å². The van der Waals surface area contributed by atoms with Gasteiger partial charge in [-0.15, -0.1) is 0 Å². The molecule has 0 saturated carbocycles. The number of carbonyl (C=O) groups is 2. The van der Waals surface area contributed by atoms with Crippen molar-refractivity contribution < 1.29 is 39.9 Å². The van der Waals surface area contributed by atoms with Crippen LogP contribution in [-0.2, 0) is 29.7 Å². The van der Waals surface area contributed by atoms with E-state index in [0.29, 0.717) is 22.6 Å². The van der Waals surface area contributed by atoms with E-state index in [-0.39, 0.29) is 42.9 Å². The molecule has 0 fully saturated rings. The van der Waals surface area contributed by atoms with Gasteiger partial charge in [0.25, 0.3) is 0 Å². The predicted octanol–water partition coefficient (Wildman–Crippen LogP) is 4.15. The van der Waals surface area contributed by atoms with E-state index in [2.05, 4.69) is 15.9 Å². The number of benzene rings is 1. The monoisotopic (exact) mass is 654 g/mol. The molecular formula is C27H17IrN4O4-. The average Bonchev–Trinajstić information content (AvgIpc) is 2.85. The number of hydrogen-bond donors (Lipinski definition) is 2. The molecule has 1 radical (unpaired) electrons. The van der Waals surface area contributed by atoms with Gasteiger partial charge in [0, 0.05) is 26.0 Å². The number of rotatable bonds is 3. The Bertz CT molecular complexity index is 1440.